The van der Waals surface area contributed by atoms with Crippen LogP contribution >= 0.6 is 0 Å². The van der Waals surface area contributed by atoms with E-state index >= 15 is 0 Å². The fourth-order valence-corrected chi connectivity index (χ4v) is 1.93. The molecule has 1 aliphatic rings. The van der Waals surface area contributed by atoms with Crippen LogP contribution in [0.3, 0.4) is 0 Å². The van der Waals surface area contributed by atoms with E-state index in [4.69, 9.17) is 0 Å². The fourth-order valence-electron chi connectivity index (χ4n) is 1.93. The normalized spacial score (nSPS) is 33.6. The second kappa shape index (κ2) is 5.72. The van der Waals surface area contributed by atoms with Crippen molar-refractivity contribution in [3.63, 3.8) is 0 Å². The van der Waals surface area contributed by atoms with Gasteiger partial charge in [0.15, 0.2) is 0 Å². The van der Waals surface area contributed by atoms with Crippen LogP contribution < -0.4 is 0 Å². The maximum Gasteiger partial charge on any atom is 0.245 e. The summed E-state index contributed by atoms with van der Waals surface area (Å²) in [4.78, 5) is 1.80. The molecule has 3 nitrogen and oxygen atoms in total. The molecule has 0 bridgehead atoms. The van der Waals surface area contributed by atoms with Crippen molar-refractivity contribution in [2.45, 2.75) is 38.4 Å². The van der Waals surface area contributed by atoms with Gasteiger partial charge in [-0.1, -0.05) is 13.3 Å². The highest BCUT2D eigenvalue weighted by Crippen LogP contribution is 2.23. The largest absolute Gasteiger partial charge is 0.390 e. The predicted octanol–water partition coefficient (Wildman–Crippen LogP) is 0.705. The van der Waals surface area contributed by atoms with Gasteiger partial charge in [0.05, 0.1) is 18.1 Å². The van der Waals surface area contributed by atoms with E-state index in [2.05, 4.69) is 0 Å². The molecule has 0 aromatic rings. The number of rotatable bonds is 4. The van der Waals surface area contributed by atoms with Crippen LogP contribution in [0.4, 0.5) is 8.78 Å². The van der Waals surface area contributed by atoms with Crippen molar-refractivity contribution in [2.75, 3.05) is 19.6 Å². The number of halogens is 2. The van der Waals surface area contributed by atoms with Gasteiger partial charge in [-0.05, 0) is 13.0 Å². The molecule has 1 rings (SSSR count). The van der Waals surface area contributed by atoms with Crippen LogP contribution in [-0.4, -0.2) is 53.4 Å². The van der Waals surface area contributed by atoms with Gasteiger partial charge in [0.2, 0.25) is 6.43 Å². The van der Waals surface area contributed by atoms with E-state index in [9.17, 15) is 19.0 Å². The topological polar surface area (TPSA) is 43.7 Å². The number of aliphatic hydroxyl groups excluding tert-OH is 2. The highest BCUT2D eigenvalue weighted by atomic mass is 19.3. The Kier molecular flexibility index (Phi) is 4.89. The zero-order valence-electron chi connectivity index (χ0n) is 8.94. The molecule has 0 aliphatic carbocycles. The van der Waals surface area contributed by atoms with Gasteiger partial charge < -0.3 is 15.1 Å². The van der Waals surface area contributed by atoms with Gasteiger partial charge >= 0.3 is 0 Å². The Bertz CT molecular complexity index is 192. The Morgan fingerprint density at radius 2 is 2.00 bits per heavy atom. The summed E-state index contributed by atoms with van der Waals surface area (Å²) in [6.45, 7) is 3.21. The number of hydrogen-bond donors (Lipinski definition) is 2. The molecule has 0 unspecified atom stereocenters. The summed E-state index contributed by atoms with van der Waals surface area (Å²) < 4.78 is 25.1. The summed E-state index contributed by atoms with van der Waals surface area (Å²) in [7, 11) is 0. The average molecular weight is 223 g/mol. The number of unbranched alkanes of at least 4 members (excludes halogenated alkanes) is 1. The quantitative estimate of drug-likeness (QED) is 0.737. The Labute approximate surface area is 88.7 Å². The van der Waals surface area contributed by atoms with Gasteiger partial charge in [-0.2, -0.15) is 0 Å². The molecule has 0 amide bonds. The van der Waals surface area contributed by atoms with E-state index in [1.54, 1.807) is 4.90 Å². The van der Waals surface area contributed by atoms with E-state index in [0.29, 0.717) is 13.1 Å². The molecule has 1 saturated heterocycles. The predicted molar refractivity (Wildman–Crippen MR) is 52.9 cm³/mol. The van der Waals surface area contributed by atoms with Crippen molar-refractivity contribution < 1.29 is 19.0 Å². The van der Waals surface area contributed by atoms with Crippen molar-refractivity contribution in [3.05, 3.63) is 0 Å². The maximum absolute atomic E-state index is 12.5. The molecular formula is C10H19F2NO2. The molecule has 0 saturated carbocycles. The van der Waals surface area contributed by atoms with E-state index in [1.807, 2.05) is 6.92 Å². The van der Waals surface area contributed by atoms with Gasteiger partial charge in [-0.15, -0.1) is 0 Å². The van der Waals surface area contributed by atoms with E-state index in [0.717, 1.165) is 12.8 Å². The summed E-state index contributed by atoms with van der Waals surface area (Å²) in [5.74, 6) is -1.12. The molecule has 3 atom stereocenters. The summed E-state index contributed by atoms with van der Waals surface area (Å²) in [5.41, 5.74) is 0. The van der Waals surface area contributed by atoms with Crippen LogP contribution in [0.1, 0.15) is 19.8 Å². The van der Waals surface area contributed by atoms with Crippen LogP contribution in [0.2, 0.25) is 0 Å². The van der Waals surface area contributed by atoms with Gasteiger partial charge in [0.25, 0.3) is 0 Å². The molecule has 5 heteroatoms. The molecule has 0 aromatic carbocycles. The summed E-state index contributed by atoms with van der Waals surface area (Å²) in [6, 6.07) is 0. The maximum atomic E-state index is 12.5. The lowest BCUT2D eigenvalue weighted by atomic mass is 9.93. The smallest absolute Gasteiger partial charge is 0.245 e. The average Bonchev–Trinajstić information content (AvgIpc) is 2.19. The lowest BCUT2D eigenvalue weighted by Gasteiger charge is -2.38. The zero-order valence-corrected chi connectivity index (χ0v) is 8.94. The minimum atomic E-state index is -2.57. The summed E-state index contributed by atoms with van der Waals surface area (Å²) in [6.07, 6.45) is -2.98. The third-order valence-corrected chi connectivity index (χ3v) is 2.90. The first kappa shape index (κ1) is 12.8. The number of aliphatic hydroxyl groups is 2. The molecular weight excluding hydrogens is 204 g/mol. The van der Waals surface area contributed by atoms with Gasteiger partial charge in [-0.3, -0.25) is 0 Å². The SMILES string of the molecule is CCCCN1C[C@@H](O)[C@H](O)[C@@H](C(F)F)C1. The number of alkyl halides is 2. The number of likely N-dealkylation sites (tertiary alicyclic amines) is 1. The Hall–Kier alpha value is -0.260. The Morgan fingerprint density at radius 3 is 2.53 bits per heavy atom. The van der Waals surface area contributed by atoms with E-state index in [1.165, 1.54) is 0 Å². The second-order valence-electron chi connectivity index (χ2n) is 4.17. The molecule has 1 aliphatic heterocycles. The standard InChI is InChI=1S/C10H19F2NO2/c1-2-3-4-13-5-7(10(11)12)9(15)8(14)6-13/h7-10,14-15H,2-6H2,1H3/t7-,8+,9+/m0/s1. The number of piperidine rings is 1. The molecule has 0 aromatic heterocycles. The van der Waals surface area contributed by atoms with E-state index in [-0.39, 0.29) is 6.54 Å². The molecule has 1 heterocycles. The van der Waals surface area contributed by atoms with Crippen LogP contribution in [0, 0.1) is 5.92 Å². The molecule has 15 heavy (non-hydrogen) atoms. The first-order chi connectivity index (χ1) is 7.06. The lowest BCUT2D eigenvalue weighted by Crippen LogP contribution is -2.54. The number of β-amino-alcohol motifs (C(OH)–C–C–N with tert-alkyl or cyclic N) is 1. The van der Waals surface area contributed by atoms with Gasteiger partial charge in [0, 0.05) is 13.1 Å². The van der Waals surface area contributed by atoms with Crippen molar-refractivity contribution in [1.29, 1.82) is 0 Å². The van der Waals surface area contributed by atoms with Gasteiger partial charge in [0.1, 0.15) is 0 Å². The number of nitrogens with zero attached hydrogens (tertiary/aromatic N) is 1. The summed E-state index contributed by atoms with van der Waals surface area (Å²) >= 11 is 0. The molecule has 90 valence electrons. The first-order valence-corrected chi connectivity index (χ1v) is 5.43. The van der Waals surface area contributed by atoms with E-state index < -0.39 is 24.6 Å². The molecule has 0 radical (unpaired) electrons. The molecule has 1 fully saturated rings. The van der Waals surface area contributed by atoms with Crippen LogP contribution in [-0.2, 0) is 0 Å². The Balaban J connectivity index is 2.50. The van der Waals surface area contributed by atoms with Crippen molar-refractivity contribution in [1.82, 2.24) is 4.90 Å². The molecule has 0 spiro atoms. The lowest BCUT2D eigenvalue weighted by molar-refractivity contribution is -0.116. The summed E-state index contributed by atoms with van der Waals surface area (Å²) in [5, 5.41) is 18.8. The van der Waals surface area contributed by atoms with Crippen LogP contribution in [0.5, 0.6) is 0 Å². The third kappa shape index (κ3) is 3.36. The van der Waals surface area contributed by atoms with Crippen molar-refractivity contribution in [2.24, 2.45) is 5.92 Å². The monoisotopic (exact) mass is 223 g/mol. The van der Waals surface area contributed by atoms with Crippen LogP contribution in [0.25, 0.3) is 0 Å². The van der Waals surface area contributed by atoms with Crippen LogP contribution in [0.15, 0.2) is 0 Å². The minimum absolute atomic E-state index is 0.176. The zero-order chi connectivity index (χ0) is 11.4. The number of hydrogen-bond acceptors (Lipinski definition) is 3. The van der Waals surface area contributed by atoms with Crippen molar-refractivity contribution >= 4 is 0 Å². The fraction of sp³-hybridized carbons (Fsp3) is 1.00. The molecule has 2 N–H and O–H groups in total. The van der Waals surface area contributed by atoms with Gasteiger partial charge in [-0.25, -0.2) is 8.78 Å². The highest BCUT2D eigenvalue weighted by molar-refractivity contribution is 4.87. The second-order valence-corrected chi connectivity index (χ2v) is 4.17. The third-order valence-electron chi connectivity index (χ3n) is 2.90. The highest BCUT2D eigenvalue weighted by Gasteiger charge is 2.39. The minimum Gasteiger partial charge on any atom is -0.390 e. The Morgan fingerprint density at radius 1 is 1.33 bits per heavy atom. The van der Waals surface area contributed by atoms with Crippen molar-refractivity contribution in [3.8, 4) is 0 Å². The first-order valence-electron chi connectivity index (χ1n) is 5.43.